The SMILES string of the molecule is CC(=O)c1c(O)cccc1OC[C@@H]1CCCCN1C(=O)c1cccnc1CO. The first-order valence-corrected chi connectivity index (χ1v) is 9.34. The van der Waals surface area contributed by atoms with Gasteiger partial charge in [0.05, 0.1) is 23.9 Å². The number of amides is 1. The lowest BCUT2D eigenvalue weighted by Gasteiger charge is -2.36. The summed E-state index contributed by atoms with van der Waals surface area (Å²) in [5.41, 5.74) is 0.884. The topological polar surface area (TPSA) is 100.0 Å². The van der Waals surface area contributed by atoms with Gasteiger partial charge in [-0.25, -0.2) is 0 Å². The Morgan fingerprint density at radius 3 is 2.82 bits per heavy atom. The smallest absolute Gasteiger partial charge is 0.256 e. The summed E-state index contributed by atoms with van der Waals surface area (Å²) in [7, 11) is 0. The number of aromatic hydroxyl groups is 1. The van der Waals surface area contributed by atoms with Crippen molar-refractivity contribution in [1.29, 1.82) is 0 Å². The number of aliphatic hydroxyl groups excluding tert-OH is 1. The Hall–Kier alpha value is -2.93. The fraction of sp³-hybridized carbons (Fsp3) is 0.381. The van der Waals surface area contributed by atoms with Crippen molar-refractivity contribution in [1.82, 2.24) is 9.88 Å². The Kier molecular flexibility index (Phi) is 6.26. The maximum atomic E-state index is 13.1. The number of hydrogen-bond acceptors (Lipinski definition) is 6. The van der Waals surface area contributed by atoms with Gasteiger partial charge in [0, 0.05) is 12.7 Å². The van der Waals surface area contributed by atoms with Crippen molar-refractivity contribution in [2.45, 2.75) is 38.8 Å². The van der Waals surface area contributed by atoms with Gasteiger partial charge in [-0.1, -0.05) is 6.07 Å². The van der Waals surface area contributed by atoms with Crippen LogP contribution in [0.4, 0.5) is 0 Å². The summed E-state index contributed by atoms with van der Waals surface area (Å²) < 4.78 is 5.85. The molecule has 1 aliphatic rings. The minimum Gasteiger partial charge on any atom is -0.507 e. The molecule has 0 unspecified atom stereocenters. The number of aliphatic hydroxyl groups is 1. The summed E-state index contributed by atoms with van der Waals surface area (Å²) in [5.74, 6) is -0.284. The number of pyridine rings is 1. The van der Waals surface area contributed by atoms with Crippen LogP contribution in [0.25, 0.3) is 0 Å². The molecule has 1 atom stereocenters. The van der Waals surface area contributed by atoms with Crippen LogP contribution in [0.2, 0.25) is 0 Å². The average Bonchev–Trinajstić information content (AvgIpc) is 2.71. The van der Waals surface area contributed by atoms with E-state index in [-0.39, 0.29) is 42.3 Å². The Labute approximate surface area is 163 Å². The number of carbonyl (C=O) groups is 2. The molecule has 2 aromatic rings. The number of ether oxygens (including phenoxy) is 1. The molecule has 1 aromatic carbocycles. The fourth-order valence-electron chi connectivity index (χ4n) is 3.53. The second-order valence-electron chi connectivity index (χ2n) is 6.82. The first-order valence-electron chi connectivity index (χ1n) is 9.34. The summed E-state index contributed by atoms with van der Waals surface area (Å²) in [6.07, 6.45) is 4.18. The van der Waals surface area contributed by atoms with Crippen molar-refractivity contribution >= 4 is 11.7 Å². The fourth-order valence-corrected chi connectivity index (χ4v) is 3.53. The Balaban J connectivity index is 1.79. The van der Waals surface area contributed by atoms with Gasteiger partial charge < -0.3 is 19.8 Å². The van der Waals surface area contributed by atoms with Gasteiger partial charge in [0.1, 0.15) is 23.7 Å². The zero-order chi connectivity index (χ0) is 20.1. The Morgan fingerprint density at radius 1 is 1.25 bits per heavy atom. The number of benzene rings is 1. The van der Waals surface area contributed by atoms with Gasteiger partial charge in [-0.3, -0.25) is 14.6 Å². The third kappa shape index (κ3) is 4.14. The molecule has 1 saturated heterocycles. The lowest BCUT2D eigenvalue weighted by molar-refractivity contribution is 0.0522. The molecule has 7 nitrogen and oxygen atoms in total. The van der Waals surface area contributed by atoms with Crippen LogP contribution >= 0.6 is 0 Å². The molecular weight excluding hydrogens is 360 g/mol. The zero-order valence-electron chi connectivity index (χ0n) is 15.8. The van der Waals surface area contributed by atoms with E-state index in [0.29, 0.717) is 23.6 Å². The van der Waals surface area contributed by atoms with E-state index < -0.39 is 0 Å². The molecule has 7 heteroatoms. The third-order valence-corrected chi connectivity index (χ3v) is 4.95. The predicted molar refractivity (Wildman–Crippen MR) is 102 cm³/mol. The molecule has 0 bridgehead atoms. The largest absolute Gasteiger partial charge is 0.507 e. The number of Topliss-reactive ketones (excluding diaryl/α,β-unsaturated/α-hetero) is 1. The maximum absolute atomic E-state index is 13.1. The molecule has 0 saturated carbocycles. The number of piperidine rings is 1. The molecule has 2 heterocycles. The summed E-state index contributed by atoms with van der Waals surface area (Å²) >= 11 is 0. The van der Waals surface area contributed by atoms with Crippen molar-refractivity contribution in [3.63, 3.8) is 0 Å². The van der Waals surface area contributed by atoms with E-state index in [1.165, 1.54) is 13.0 Å². The number of aromatic nitrogens is 1. The van der Waals surface area contributed by atoms with Gasteiger partial charge in [0.2, 0.25) is 0 Å². The highest BCUT2D eigenvalue weighted by Gasteiger charge is 2.29. The molecule has 2 N–H and O–H groups in total. The molecule has 0 aliphatic carbocycles. The molecule has 0 radical (unpaired) electrons. The summed E-state index contributed by atoms with van der Waals surface area (Å²) in [6.45, 7) is 1.87. The van der Waals surface area contributed by atoms with Crippen LogP contribution in [0.5, 0.6) is 11.5 Å². The van der Waals surface area contributed by atoms with E-state index >= 15 is 0 Å². The van der Waals surface area contributed by atoms with Crippen LogP contribution in [-0.2, 0) is 6.61 Å². The average molecular weight is 384 g/mol. The monoisotopic (exact) mass is 384 g/mol. The number of phenolic OH excluding ortho intramolecular Hbond substituents is 1. The second-order valence-corrected chi connectivity index (χ2v) is 6.82. The van der Waals surface area contributed by atoms with Crippen LogP contribution in [0.15, 0.2) is 36.5 Å². The quantitative estimate of drug-likeness (QED) is 0.743. The highest BCUT2D eigenvalue weighted by molar-refractivity contribution is 5.99. The summed E-state index contributed by atoms with van der Waals surface area (Å²) in [4.78, 5) is 30.7. The maximum Gasteiger partial charge on any atom is 0.256 e. The molecular formula is C21H24N2O5. The molecule has 1 aliphatic heterocycles. The van der Waals surface area contributed by atoms with Crippen LogP contribution in [0.1, 0.15) is 52.6 Å². The van der Waals surface area contributed by atoms with E-state index in [1.807, 2.05) is 0 Å². The number of carbonyl (C=O) groups excluding carboxylic acids is 2. The van der Waals surface area contributed by atoms with Gasteiger partial charge >= 0.3 is 0 Å². The lowest BCUT2D eigenvalue weighted by Crippen LogP contribution is -2.47. The van der Waals surface area contributed by atoms with Crippen molar-refractivity contribution < 1.29 is 24.5 Å². The van der Waals surface area contributed by atoms with Crippen LogP contribution < -0.4 is 4.74 Å². The Morgan fingerprint density at radius 2 is 2.07 bits per heavy atom. The minimum absolute atomic E-state index is 0.121. The van der Waals surface area contributed by atoms with Crippen LogP contribution in [-0.4, -0.2) is 51.0 Å². The van der Waals surface area contributed by atoms with Gasteiger partial charge in [0.15, 0.2) is 5.78 Å². The van der Waals surface area contributed by atoms with Crippen LogP contribution in [0, 0.1) is 0 Å². The number of likely N-dealkylation sites (tertiary alicyclic amines) is 1. The number of phenols is 1. The van der Waals surface area contributed by atoms with Gasteiger partial charge in [0.25, 0.3) is 5.91 Å². The third-order valence-electron chi connectivity index (χ3n) is 4.95. The molecule has 1 amide bonds. The van der Waals surface area contributed by atoms with Gasteiger partial charge in [-0.15, -0.1) is 0 Å². The van der Waals surface area contributed by atoms with Crippen LogP contribution in [0.3, 0.4) is 0 Å². The van der Waals surface area contributed by atoms with Gasteiger partial charge in [-0.2, -0.15) is 0 Å². The number of ketones is 1. The molecule has 3 rings (SSSR count). The minimum atomic E-state index is -0.303. The van der Waals surface area contributed by atoms with E-state index in [2.05, 4.69) is 4.98 Å². The zero-order valence-corrected chi connectivity index (χ0v) is 15.8. The first-order chi connectivity index (χ1) is 13.5. The van der Waals surface area contributed by atoms with Crippen molar-refractivity contribution in [3.8, 4) is 11.5 Å². The van der Waals surface area contributed by atoms with Crippen molar-refractivity contribution in [2.24, 2.45) is 0 Å². The number of rotatable bonds is 6. The van der Waals surface area contributed by atoms with E-state index in [1.54, 1.807) is 35.4 Å². The first kappa shape index (κ1) is 19.8. The summed E-state index contributed by atoms with van der Waals surface area (Å²) in [5, 5.41) is 19.4. The molecule has 148 valence electrons. The highest BCUT2D eigenvalue weighted by Crippen LogP contribution is 2.29. The van der Waals surface area contributed by atoms with E-state index in [4.69, 9.17) is 4.74 Å². The highest BCUT2D eigenvalue weighted by atomic mass is 16.5. The molecule has 1 fully saturated rings. The number of nitrogens with zero attached hydrogens (tertiary/aromatic N) is 2. The standard InChI is InChI=1S/C21H24N2O5/c1-14(25)20-18(26)8-4-9-19(20)28-13-15-6-2-3-11-23(15)21(27)16-7-5-10-22-17(16)12-24/h4-5,7-10,15,24,26H,2-3,6,11-13H2,1H3/t15-/m0/s1. The molecule has 1 aromatic heterocycles. The normalized spacial score (nSPS) is 16.6. The number of hydrogen-bond donors (Lipinski definition) is 2. The van der Waals surface area contributed by atoms with Crippen molar-refractivity contribution in [3.05, 3.63) is 53.3 Å². The Bertz CT molecular complexity index is 868. The molecule has 28 heavy (non-hydrogen) atoms. The van der Waals surface area contributed by atoms with E-state index in [9.17, 15) is 19.8 Å². The molecule has 0 spiro atoms. The predicted octanol–water partition coefficient (Wildman–Crippen LogP) is 2.56. The van der Waals surface area contributed by atoms with Gasteiger partial charge in [-0.05, 0) is 50.5 Å². The van der Waals surface area contributed by atoms with E-state index in [0.717, 1.165) is 19.3 Å². The van der Waals surface area contributed by atoms with Crippen molar-refractivity contribution in [2.75, 3.05) is 13.2 Å². The second kappa shape index (κ2) is 8.84. The lowest BCUT2D eigenvalue weighted by atomic mass is 10.0. The summed E-state index contributed by atoms with van der Waals surface area (Å²) in [6, 6.07) is 7.86.